The van der Waals surface area contributed by atoms with E-state index in [1.54, 1.807) is 23.1 Å². The van der Waals surface area contributed by atoms with Crippen molar-refractivity contribution in [1.29, 1.82) is 0 Å². The van der Waals surface area contributed by atoms with Crippen LogP contribution in [0, 0.1) is 0 Å². The van der Waals surface area contributed by atoms with Crippen LogP contribution in [-0.4, -0.2) is 10.8 Å². The first kappa shape index (κ1) is 12.6. The van der Waals surface area contributed by atoms with Gasteiger partial charge in [-0.1, -0.05) is 0 Å². The van der Waals surface area contributed by atoms with E-state index in [9.17, 15) is 0 Å². The lowest BCUT2D eigenvalue weighted by molar-refractivity contribution is 0.724. The number of thioether (sulfide) groups is 1. The Morgan fingerprint density at radius 1 is 1.32 bits per heavy atom. The largest absolute Gasteiger partial charge is 0.399 e. The molecular formula is C15H16N2S2. The molecule has 0 amide bonds. The van der Waals surface area contributed by atoms with Crippen molar-refractivity contribution in [3.8, 4) is 0 Å². The lowest BCUT2D eigenvalue weighted by Gasteiger charge is -2.07. The number of nitrogens with zero attached hydrogens (tertiary/aromatic N) is 1. The van der Waals surface area contributed by atoms with Gasteiger partial charge in [0.1, 0.15) is 0 Å². The molecule has 2 N–H and O–H groups in total. The number of nitrogens with two attached hydrogens (primary N) is 1. The van der Waals surface area contributed by atoms with E-state index in [0.717, 1.165) is 18.7 Å². The Balaban J connectivity index is 1.93. The van der Waals surface area contributed by atoms with Crippen LogP contribution in [0.5, 0.6) is 0 Å². The molecule has 0 bridgehead atoms. The highest BCUT2D eigenvalue weighted by Crippen LogP contribution is 2.30. The van der Waals surface area contributed by atoms with E-state index in [0.29, 0.717) is 0 Å². The van der Waals surface area contributed by atoms with Crippen molar-refractivity contribution in [2.75, 3.05) is 12.0 Å². The van der Waals surface area contributed by atoms with Gasteiger partial charge in [-0.3, -0.25) is 0 Å². The van der Waals surface area contributed by atoms with E-state index in [4.69, 9.17) is 5.73 Å². The summed E-state index contributed by atoms with van der Waals surface area (Å²) in [6.45, 7) is 0.998. The molecule has 0 atom stereocenters. The summed E-state index contributed by atoms with van der Waals surface area (Å²) in [5, 5.41) is 5.65. The molecule has 2 aromatic heterocycles. The summed E-state index contributed by atoms with van der Waals surface area (Å²) in [5.74, 6) is 0. The van der Waals surface area contributed by atoms with Crippen LogP contribution in [0.15, 0.2) is 46.1 Å². The van der Waals surface area contributed by atoms with E-state index in [2.05, 4.69) is 52.0 Å². The van der Waals surface area contributed by atoms with Crippen molar-refractivity contribution >= 4 is 39.7 Å². The number of benzene rings is 1. The number of nitrogen functional groups attached to an aromatic ring is 1. The first-order chi connectivity index (χ1) is 9.28. The molecule has 0 aliphatic heterocycles. The predicted molar refractivity (Wildman–Crippen MR) is 86.2 cm³/mol. The number of rotatable bonds is 4. The molecule has 3 rings (SSSR count). The molecule has 2 heterocycles. The number of aryl methyl sites for hydroxylation is 2. The number of hydrogen-bond donors (Lipinski definition) is 1. The van der Waals surface area contributed by atoms with Crippen molar-refractivity contribution in [3.63, 3.8) is 0 Å². The third-order valence-electron chi connectivity index (χ3n) is 3.31. The second kappa shape index (κ2) is 5.31. The maximum absolute atomic E-state index is 5.99. The minimum Gasteiger partial charge on any atom is -0.399 e. The molecule has 0 unspecified atom stereocenters. The highest BCUT2D eigenvalue weighted by atomic mass is 32.2. The number of fused-ring (bicyclic) bond motifs is 1. The van der Waals surface area contributed by atoms with Crippen LogP contribution < -0.4 is 5.73 Å². The Kier molecular flexibility index (Phi) is 3.53. The Hall–Kier alpha value is -1.39. The number of thiophene rings is 1. The molecule has 0 spiro atoms. The molecule has 0 aliphatic carbocycles. The molecule has 2 nitrogen and oxygen atoms in total. The molecule has 0 saturated carbocycles. The molecule has 0 saturated heterocycles. The van der Waals surface area contributed by atoms with E-state index in [-0.39, 0.29) is 0 Å². The lowest BCUT2D eigenvalue weighted by Crippen LogP contribution is -1.99. The smallest absolute Gasteiger partial charge is 0.0512 e. The Bertz CT molecular complexity index is 684. The Labute approximate surface area is 121 Å². The van der Waals surface area contributed by atoms with Crippen LogP contribution in [0.25, 0.3) is 10.9 Å². The molecule has 4 heteroatoms. The maximum atomic E-state index is 5.99. The summed E-state index contributed by atoms with van der Waals surface area (Å²) < 4.78 is 2.29. The zero-order valence-corrected chi connectivity index (χ0v) is 12.4. The molecule has 3 aromatic rings. The normalized spacial score (nSPS) is 11.2. The van der Waals surface area contributed by atoms with Gasteiger partial charge in [0.15, 0.2) is 0 Å². The fourth-order valence-corrected chi connectivity index (χ4v) is 3.68. The SMILES string of the molecule is CSc1cc(N)cc2c1ccn2CCc1ccsc1. The third kappa shape index (κ3) is 2.51. The summed E-state index contributed by atoms with van der Waals surface area (Å²) in [4.78, 5) is 1.25. The van der Waals surface area contributed by atoms with Gasteiger partial charge >= 0.3 is 0 Å². The second-order valence-corrected chi connectivity index (χ2v) is 6.17. The summed E-state index contributed by atoms with van der Waals surface area (Å²) >= 11 is 3.51. The fourth-order valence-electron chi connectivity index (χ4n) is 2.33. The van der Waals surface area contributed by atoms with Crippen molar-refractivity contribution in [2.45, 2.75) is 17.9 Å². The zero-order chi connectivity index (χ0) is 13.2. The van der Waals surface area contributed by atoms with Crippen LogP contribution in [0.2, 0.25) is 0 Å². The quantitative estimate of drug-likeness (QED) is 0.575. The Morgan fingerprint density at radius 3 is 2.95 bits per heavy atom. The lowest BCUT2D eigenvalue weighted by atomic mass is 10.2. The van der Waals surface area contributed by atoms with Gasteiger partial charge in [0.2, 0.25) is 0 Å². The highest BCUT2D eigenvalue weighted by molar-refractivity contribution is 7.98. The standard InChI is InChI=1S/C15H16N2S2/c1-18-15-9-12(16)8-14-13(15)3-6-17(14)5-2-11-4-7-19-10-11/h3-4,6-10H,2,5,16H2,1H3. The van der Waals surface area contributed by atoms with Crippen LogP contribution in [0.1, 0.15) is 5.56 Å². The minimum absolute atomic E-state index is 0.840. The number of hydrogen-bond acceptors (Lipinski definition) is 3. The summed E-state index contributed by atoms with van der Waals surface area (Å²) in [6.07, 6.45) is 5.32. The van der Waals surface area contributed by atoms with Crippen LogP contribution in [-0.2, 0) is 13.0 Å². The van der Waals surface area contributed by atoms with Crippen molar-refractivity contribution in [2.24, 2.45) is 0 Å². The molecule has 0 radical (unpaired) electrons. The van der Waals surface area contributed by atoms with Crippen LogP contribution >= 0.6 is 23.1 Å². The first-order valence-electron chi connectivity index (χ1n) is 6.21. The number of anilines is 1. The van der Waals surface area contributed by atoms with Gasteiger partial charge in [0, 0.05) is 28.7 Å². The average molecular weight is 288 g/mol. The highest BCUT2D eigenvalue weighted by Gasteiger charge is 2.07. The van der Waals surface area contributed by atoms with Gasteiger partial charge in [0.05, 0.1) is 5.52 Å². The molecule has 0 aliphatic rings. The third-order valence-corrected chi connectivity index (χ3v) is 4.82. The molecule has 1 aromatic carbocycles. The van der Waals surface area contributed by atoms with Crippen molar-refractivity contribution < 1.29 is 0 Å². The molecule has 0 fully saturated rings. The summed E-state index contributed by atoms with van der Waals surface area (Å²) in [7, 11) is 0. The van der Waals surface area contributed by atoms with E-state index >= 15 is 0 Å². The second-order valence-electron chi connectivity index (χ2n) is 4.55. The van der Waals surface area contributed by atoms with Gasteiger partial charge in [-0.2, -0.15) is 11.3 Å². The molecular weight excluding hydrogens is 272 g/mol. The first-order valence-corrected chi connectivity index (χ1v) is 8.38. The van der Waals surface area contributed by atoms with E-state index in [1.807, 2.05) is 0 Å². The summed E-state index contributed by atoms with van der Waals surface area (Å²) in [6, 6.07) is 8.51. The predicted octanol–water partition coefficient (Wildman–Crippen LogP) is 4.25. The zero-order valence-electron chi connectivity index (χ0n) is 10.8. The molecule has 19 heavy (non-hydrogen) atoms. The van der Waals surface area contributed by atoms with Gasteiger partial charge in [0.25, 0.3) is 0 Å². The topological polar surface area (TPSA) is 30.9 Å². The number of aromatic nitrogens is 1. The van der Waals surface area contributed by atoms with E-state index in [1.165, 1.54) is 21.4 Å². The minimum atomic E-state index is 0.840. The van der Waals surface area contributed by atoms with Crippen molar-refractivity contribution in [3.05, 3.63) is 46.8 Å². The van der Waals surface area contributed by atoms with Gasteiger partial charge in [-0.25, -0.2) is 0 Å². The van der Waals surface area contributed by atoms with Crippen LogP contribution in [0.4, 0.5) is 5.69 Å². The average Bonchev–Trinajstić information content (AvgIpc) is 3.04. The Morgan fingerprint density at radius 2 is 2.21 bits per heavy atom. The van der Waals surface area contributed by atoms with Crippen molar-refractivity contribution in [1.82, 2.24) is 4.57 Å². The van der Waals surface area contributed by atoms with Gasteiger partial charge < -0.3 is 10.3 Å². The monoisotopic (exact) mass is 288 g/mol. The van der Waals surface area contributed by atoms with Crippen LogP contribution in [0.3, 0.4) is 0 Å². The van der Waals surface area contributed by atoms with Gasteiger partial charge in [-0.15, -0.1) is 11.8 Å². The van der Waals surface area contributed by atoms with Gasteiger partial charge in [-0.05, 0) is 53.3 Å². The fraction of sp³-hybridized carbons (Fsp3) is 0.200. The maximum Gasteiger partial charge on any atom is 0.0512 e. The summed E-state index contributed by atoms with van der Waals surface area (Å²) in [5.41, 5.74) is 9.47. The van der Waals surface area contributed by atoms with E-state index < -0.39 is 0 Å². The molecule has 98 valence electrons.